The van der Waals surface area contributed by atoms with E-state index >= 15 is 0 Å². The normalized spacial score (nSPS) is 12.7. The molecule has 0 aliphatic carbocycles. The molecule has 5 rings (SSSR count). The van der Waals surface area contributed by atoms with E-state index in [0.717, 1.165) is 63.6 Å². The molecule has 32 heavy (non-hydrogen) atoms. The van der Waals surface area contributed by atoms with Gasteiger partial charge < -0.3 is 0 Å². The fourth-order valence-electron chi connectivity index (χ4n) is 3.50. The SMILES string of the molecule is FC(F)(F)c1ccc(-c2cc3cc4[se]c(-c5ccc(C(F)(F)F)cc5)cc4cc3[se]2)cc1. The van der Waals surface area contributed by atoms with Gasteiger partial charge in [0.2, 0.25) is 0 Å². The number of hydrogen-bond acceptors (Lipinski definition) is 0. The van der Waals surface area contributed by atoms with Crippen LogP contribution in [0.1, 0.15) is 11.1 Å². The third kappa shape index (κ3) is 4.08. The van der Waals surface area contributed by atoms with E-state index in [1.54, 1.807) is 0 Å². The Balaban J connectivity index is 1.48. The fraction of sp³-hybridized carbons (Fsp3) is 0.0833. The summed E-state index contributed by atoms with van der Waals surface area (Å²) in [5, 5.41) is 2.14. The maximum absolute atomic E-state index is 12.8. The van der Waals surface area contributed by atoms with E-state index in [9.17, 15) is 26.3 Å². The molecule has 0 N–H and O–H groups in total. The molecule has 0 aliphatic rings. The van der Waals surface area contributed by atoms with Crippen molar-refractivity contribution in [1.82, 2.24) is 0 Å². The van der Waals surface area contributed by atoms with Crippen LogP contribution < -0.4 is 0 Å². The van der Waals surface area contributed by atoms with Crippen molar-refractivity contribution >= 4 is 48.3 Å². The molecule has 0 spiro atoms. The molecule has 5 aromatic rings. The zero-order valence-electron chi connectivity index (χ0n) is 16.0. The molecule has 0 amide bonds. The summed E-state index contributed by atoms with van der Waals surface area (Å²) in [6.07, 6.45) is -8.70. The Hall–Kier alpha value is -2.24. The van der Waals surface area contributed by atoms with Crippen LogP contribution in [-0.4, -0.2) is 29.0 Å². The zero-order chi connectivity index (χ0) is 22.7. The molecule has 2 heterocycles. The third-order valence-corrected chi connectivity index (χ3v) is 9.96. The summed E-state index contributed by atoms with van der Waals surface area (Å²) < 4.78 is 81.2. The van der Waals surface area contributed by atoms with E-state index in [1.165, 1.54) is 24.3 Å². The molecule has 0 saturated heterocycles. The summed E-state index contributed by atoms with van der Waals surface area (Å²) in [4.78, 5) is 0. The van der Waals surface area contributed by atoms with Crippen molar-refractivity contribution in [3.8, 4) is 20.0 Å². The minimum atomic E-state index is -4.35. The van der Waals surface area contributed by atoms with Crippen LogP contribution in [-0.2, 0) is 12.4 Å². The number of hydrogen-bond donors (Lipinski definition) is 0. The van der Waals surface area contributed by atoms with Crippen molar-refractivity contribution in [3.05, 3.63) is 83.9 Å². The number of benzene rings is 3. The monoisotopic (exact) mass is 574 g/mol. The van der Waals surface area contributed by atoms with E-state index < -0.39 is 23.5 Å². The molecule has 0 nitrogen and oxygen atoms in total. The molecule has 8 heteroatoms. The van der Waals surface area contributed by atoms with Gasteiger partial charge in [0.05, 0.1) is 0 Å². The summed E-state index contributed by atoms with van der Waals surface area (Å²) in [5.74, 6) is 0. The number of rotatable bonds is 2. The van der Waals surface area contributed by atoms with Crippen LogP contribution in [0.2, 0.25) is 0 Å². The average Bonchev–Trinajstić information content (AvgIpc) is 3.34. The summed E-state index contributed by atoms with van der Waals surface area (Å²) in [6, 6.07) is 18.8. The Morgan fingerprint density at radius 1 is 0.469 bits per heavy atom. The van der Waals surface area contributed by atoms with Crippen molar-refractivity contribution in [2.24, 2.45) is 0 Å². The van der Waals surface area contributed by atoms with Crippen molar-refractivity contribution in [2.75, 3.05) is 0 Å². The number of alkyl halides is 6. The van der Waals surface area contributed by atoms with Crippen LogP contribution in [0.3, 0.4) is 0 Å². The van der Waals surface area contributed by atoms with Gasteiger partial charge in [0.1, 0.15) is 0 Å². The first-order valence-electron chi connectivity index (χ1n) is 9.40. The second kappa shape index (κ2) is 7.67. The van der Waals surface area contributed by atoms with Gasteiger partial charge in [-0.15, -0.1) is 0 Å². The molecule has 0 fully saturated rings. The van der Waals surface area contributed by atoms with Gasteiger partial charge in [0.25, 0.3) is 0 Å². The summed E-state index contributed by atoms with van der Waals surface area (Å²) in [5.41, 5.74) is 0.265. The van der Waals surface area contributed by atoms with Crippen LogP contribution >= 0.6 is 0 Å². The topological polar surface area (TPSA) is 0 Å². The van der Waals surface area contributed by atoms with Gasteiger partial charge in [0, 0.05) is 0 Å². The van der Waals surface area contributed by atoms with Crippen LogP contribution in [0, 0.1) is 0 Å². The van der Waals surface area contributed by atoms with Gasteiger partial charge in [-0.25, -0.2) is 0 Å². The molecule has 0 unspecified atom stereocenters. The predicted octanol–water partition coefficient (Wildman–Crippen LogP) is 7.48. The van der Waals surface area contributed by atoms with Gasteiger partial charge >= 0.3 is 191 Å². The maximum atomic E-state index is 12.8. The van der Waals surface area contributed by atoms with Crippen molar-refractivity contribution in [2.45, 2.75) is 12.4 Å². The molecule has 3 aromatic carbocycles. The molecule has 2 aromatic heterocycles. The Morgan fingerprint density at radius 2 is 0.812 bits per heavy atom. The first-order valence-corrected chi connectivity index (χ1v) is 12.8. The molecule has 0 saturated carbocycles. The zero-order valence-corrected chi connectivity index (χ0v) is 19.4. The Kier molecular flexibility index (Phi) is 5.18. The standard InChI is InChI=1S/C24H12F6Se2/c25-23(26,27)17-5-1-13(2-6-17)19-9-15-11-22-16(12-21(15)31-19)10-20(32-22)14-3-7-18(8-4-14)24(28,29)30/h1-12H. The van der Waals surface area contributed by atoms with Gasteiger partial charge in [0.15, 0.2) is 0 Å². The molecule has 0 atom stereocenters. The Bertz CT molecular complexity index is 1260. The summed E-state index contributed by atoms with van der Waals surface area (Å²) in [6.45, 7) is 0. The van der Waals surface area contributed by atoms with E-state index in [2.05, 4.69) is 12.1 Å². The molecular formula is C24H12F6Se2. The Morgan fingerprint density at radius 3 is 1.12 bits per heavy atom. The van der Waals surface area contributed by atoms with E-state index in [1.807, 2.05) is 12.1 Å². The summed E-state index contributed by atoms with van der Waals surface area (Å²) >= 11 is -0.0515. The van der Waals surface area contributed by atoms with E-state index in [0.29, 0.717) is 0 Å². The van der Waals surface area contributed by atoms with Crippen molar-refractivity contribution in [3.63, 3.8) is 0 Å². The van der Waals surface area contributed by atoms with Gasteiger partial charge in [-0.1, -0.05) is 0 Å². The number of fused-ring (bicyclic) bond motifs is 2. The minimum absolute atomic E-state index is 0.0257. The Labute approximate surface area is 190 Å². The van der Waals surface area contributed by atoms with Gasteiger partial charge in [-0.05, 0) is 0 Å². The molecule has 0 bridgehead atoms. The van der Waals surface area contributed by atoms with Crippen LogP contribution in [0.15, 0.2) is 72.8 Å². The average molecular weight is 572 g/mol. The van der Waals surface area contributed by atoms with Gasteiger partial charge in [-0.2, -0.15) is 0 Å². The quantitative estimate of drug-likeness (QED) is 0.152. The van der Waals surface area contributed by atoms with Crippen LogP contribution in [0.25, 0.3) is 39.3 Å². The first kappa shape index (κ1) is 21.6. The summed E-state index contributed by atoms with van der Waals surface area (Å²) in [7, 11) is 0. The van der Waals surface area contributed by atoms with Crippen molar-refractivity contribution < 1.29 is 26.3 Å². The number of halogens is 6. The van der Waals surface area contributed by atoms with Crippen LogP contribution in [0.5, 0.6) is 0 Å². The molecule has 0 aliphatic heterocycles. The van der Waals surface area contributed by atoms with Crippen LogP contribution in [0.4, 0.5) is 26.3 Å². The first-order chi connectivity index (χ1) is 15.1. The fourth-order valence-corrected chi connectivity index (χ4v) is 8.11. The molecule has 0 radical (unpaired) electrons. The second-order valence-electron chi connectivity index (χ2n) is 7.30. The molecule has 162 valence electrons. The third-order valence-electron chi connectivity index (χ3n) is 5.15. The molecular weight excluding hydrogens is 560 g/mol. The second-order valence-corrected chi connectivity index (χ2v) is 11.8. The van der Waals surface area contributed by atoms with E-state index in [-0.39, 0.29) is 29.0 Å². The van der Waals surface area contributed by atoms with E-state index in [4.69, 9.17) is 0 Å². The van der Waals surface area contributed by atoms with Crippen molar-refractivity contribution in [1.29, 1.82) is 0 Å². The van der Waals surface area contributed by atoms with Gasteiger partial charge in [-0.3, -0.25) is 0 Å². The predicted molar refractivity (Wildman–Crippen MR) is 116 cm³/mol.